The fourth-order valence-electron chi connectivity index (χ4n) is 4.04. The van der Waals surface area contributed by atoms with Crippen molar-refractivity contribution in [3.05, 3.63) is 81.7 Å². The molecule has 0 spiro atoms. The van der Waals surface area contributed by atoms with E-state index in [1.165, 1.54) is 10.1 Å². The van der Waals surface area contributed by atoms with Gasteiger partial charge in [-0.15, -0.1) is 0 Å². The van der Waals surface area contributed by atoms with Crippen LogP contribution in [-0.4, -0.2) is 45.0 Å². The molecule has 186 valence electrons. The number of nitrogens with one attached hydrogen (secondary N) is 1. The van der Waals surface area contributed by atoms with Gasteiger partial charge in [0.15, 0.2) is 5.65 Å². The molecule has 0 aliphatic carbocycles. The van der Waals surface area contributed by atoms with E-state index >= 15 is 0 Å². The van der Waals surface area contributed by atoms with Crippen LogP contribution in [0.2, 0.25) is 5.02 Å². The number of rotatable bonds is 8. The predicted octanol–water partition coefficient (Wildman–Crippen LogP) is 4.76. The number of halogens is 1. The lowest BCUT2D eigenvalue weighted by Crippen LogP contribution is -2.37. The van der Waals surface area contributed by atoms with Gasteiger partial charge in [0.05, 0.1) is 5.39 Å². The highest BCUT2D eigenvalue weighted by atomic mass is 35.5. The van der Waals surface area contributed by atoms with Crippen molar-refractivity contribution >= 4 is 28.5 Å². The van der Waals surface area contributed by atoms with Crippen LogP contribution in [-0.2, 0) is 17.9 Å². The Kier molecular flexibility index (Phi) is 7.82. The maximum Gasteiger partial charge on any atom is 0.263 e. The van der Waals surface area contributed by atoms with Crippen molar-refractivity contribution in [1.29, 1.82) is 0 Å². The summed E-state index contributed by atoms with van der Waals surface area (Å²) in [5, 5.41) is 3.71. The third-order valence-electron chi connectivity index (χ3n) is 5.90. The molecule has 1 amide bonds. The average molecular weight is 504 g/mol. The number of pyridine rings is 1. The molecule has 4 rings (SSSR count). The van der Waals surface area contributed by atoms with Gasteiger partial charge in [-0.3, -0.25) is 14.2 Å². The molecule has 0 bridgehead atoms. The summed E-state index contributed by atoms with van der Waals surface area (Å²) in [4.78, 5) is 37.8. The van der Waals surface area contributed by atoms with Crippen LogP contribution < -0.4 is 10.9 Å². The highest BCUT2D eigenvalue weighted by Crippen LogP contribution is 2.25. The quantitative estimate of drug-likeness (QED) is 0.375. The van der Waals surface area contributed by atoms with E-state index in [1.807, 2.05) is 32.0 Å². The molecule has 0 radical (unpaired) electrons. The lowest BCUT2D eigenvalue weighted by Gasteiger charge is -2.16. The van der Waals surface area contributed by atoms with Crippen molar-refractivity contribution in [3.63, 3.8) is 0 Å². The largest absolute Gasteiger partial charge is 0.352 e. The minimum absolute atomic E-state index is 0.0523. The van der Waals surface area contributed by atoms with Gasteiger partial charge in [-0.2, -0.15) is 0 Å². The number of hydrogen-bond donors (Lipinski definition) is 1. The summed E-state index contributed by atoms with van der Waals surface area (Å²) >= 11 is 6.21. The van der Waals surface area contributed by atoms with Crippen molar-refractivity contribution in [2.45, 2.75) is 39.9 Å². The van der Waals surface area contributed by atoms with Crippen LogP contribution in [0.3, 0.4) is 0 Å². The number of hydrogen-bond acceptors (Lipinski definition) is 5. The van der Waals surface area contributed by atoms with E-state index in [0.717, 1.165) is 24.2 Å². The predicted molar refractivity (Wildman–Crippen MR) is 145 cm³/mol. The summed E-state index contributed by atoms with van der Waals surface area (Å²) in [6.07, 6.45) is 1.73. The van der Waals surface area contributed by atoms with Gasteiger partial charge in [0, 0.05) is 34.9 Å². The Bertz CT molecular complexity index is 1460. The second-order valence-electron chi connectivity index (χ2n) is 9.19. The zero-order valence-corrected chi connectivity index (χ0v) is 21.7. The summed E-state index contributed by atoms with van der Waals surface area (Å²) in [6, 6.07) is 17.0. The maximum absolute atomic E-state index is 13.7. The third kappa shape index (κ3) is 5.80. The first kappa shape index (κ1) is 25.5. The molecule has 2 heterocycles. The molecule has 2 aromatic heterocycles. The normalized spacial score (nSPS) is 11.4. The smallest absolute Gasteiger partial charge is 0.263 e. The van der Waals surface area contributed by atoms with Crippen LogP contribution in [0, 0.1) is 0 Å². The Morgan fingerprint density at radius 1 is 1.08 bits per heavy atom. The van der Waals surface area contributed by atoms with E-state index in [-0.39, 0.29) is 24.1 Å². The summed E-state index contributed by atoms with van der Waals surface area (Å²) in [7, 11) is 2.07. The summed E-state index contributed by atoms with van der Waals surface area (Å²) < 4.78 is 1.39. The van der Waals surface area contributed by atoms with Crippen LogP contribution in [0.25, 0.3) is 33.5 Å². The summed E-state index contributed by atoms with van der Waals surface area (Å²) in [5.41, 5.74) is 3.59. The Morgan fingerprint density at radius 2 is 1.83 bits per heavy atom. The van der Waals surface area contributed by atoms with Gasteiger partial charge in [0.25, 0.3) is 5.56 Å². The fraction of sp³-hybridized carbons (Fsp3) is 0.286. The van der Waals surface area contributed by atoms with Crippen LogP contribution >= 0.6 is 11.6 Å². The summed E-state index contributed by atoms with van der Waals surface area (Å²) in [5.74, 6) is 0.0761. The Balaban J connectivity index is 1.84. The zero-order valence-electron chi connectivity index (χ0n) is 21.0. The number of aromatic nitrogens is 3. The molecule has 0 unspecified atom stereocenters. The number of carbonyl (C=O) groups excluding carboxylic acids is 1. The van der Waals surface area contributed by atoms with E-state index in [2.05, 4.69) is 46.3 Å². The maximum atomic E-state index is 13.7. The van der Waals surface area contributed by atoms with E-state index in [1.54, 1.807) is 30.5 Å². The second kappa shape index (κ2) is 11.0. The Morgan fingerprint density at radius 3 is 2.56 bits per heavy atom. The van der Waals surface area contributed by atoms with Gasteiger partial charge in [-0.05, 0) is 62.8 Å². The van der Waals surface area contributed by atoms with Crippen LogP contribution in [0.1, 0.15) is 26.3 Å². The molecule has 0 saturated carbocycles. The SMILES string of the molecule is CCN(C)Cc1cccc(-c2cnc3nc(-c4cccc(Cl)c4)n(CC(=O)NC(C)C)c(=O)c3c2)c1. The van der Waals surface area contributed by atoms with E-state index in [4.69, 9.17) is 11.6 Å². The average Bonchev–Trinajstić information content (AvgIpc) is 2.85. The number of benzene rings is 2. The molecule has 0 fully saturated rings. The molecule has 36 heavy (non-hydrogen) atoms. The van der Waals surface area contributed by atoms with Gasteiger partial charge in [0.2, 0.25) is 5.91 Å². The molecular weight excluding hydrogens is 474 g/mol. The van der Waals surface area contributed by atoms with Crippen molar-refractivity contribution in [2.24, 2.45) is 0 Å². The lowest BCUT2D eigenvalue weighted by atomic mass is 10.0. The standard InChI is InChI=1S/C28H30ClN5O2/c1-5-33(4)16-19-8-6-9-20(12-19)22-14-24-26(30-15-22)32-27(21-10-7-11-23(29)13-21)34(28(24)36)17-25(35)31-18(2)3/h6-15,18H,5,16-17H2,1-4H3,(H,31,35). The number of fused-ring (bicyclic) bond motifs is 1. The van der Waals surface area contributed by atoms with Gasteiger partial charge in [-0.1, -0.05) is 48.9 Å². The molecule has 4 aromatic rings. The molecule has 0 saturated heterocycles. The highest BCUT2D eigenvalue weighted by Gasteiger charge is 2.18. The van der Waals surface area contributed by atoms with E-state index in [9.17, 15) is 9.59 Å². The first-order chi connectivity index (χ1) is 17.2. The molecular formula is C28H30ClN5O2. The monoisotopic (exact) mass is 503 g/mol. The molecule has 0 aliphatic heterocycles. The van der Waals surface area contributed by atoms with E-state index in [0.29, 0.717) is 27.4 Å². The first-order valence-electron chi connectivity index (χ1n) is 12.0. The second-order valence-corrected chi connectivity index (χ2v) is 9.62. The van der Waals surface area contributed by atoms with Crippen LogP contribution in [0.5, 0.6) is 0 Å². The van der Waals surface area contributed by atoms with Crippen molar-refractivity contribution in [2.75, 3.05) is 13.6 Å². The minimum atomic E-state index is -0.329. The van der Waals surface area contributed by atoms with Gasteiger partial charge >= 0.3 is 0 Å². The molecule has 1 N–H and O–H groups in total. The number of nitrogens with zero attached hydrogens (tertiary/aromatic N) is 4. The van der Waals surface area contributed by atoms with Crippen molar-refractivity contribution < 1.29 is 4.79 Å². The van der Waals surface area contributed by atoms with Crippen LogP contribution in [0.4, 0.5) is 0 Å². The Hall–Kier alpha value is -3.55. The zero-order chi connectivity index (χ0) is 25.8. The third-order valence-corrected chi connectivity index (χ3v) is 6.13. The molecule has 7 nitrogen and oxygen atoms in total. The van der Waals surface area contributed by atoms with Crippen molar-refractivity contribution in [3.8, 4) is 22.5 Å². The van der Waals surface area contributed by atoms with Crippen molar-refractivity contribution in [1.82, 2.24) is 24.8 Å². The van der Waals surface area contributed by atoms with E-state index < -0.39 is 0 Å². The first-order valence-corrected chi connectivity index (χ1v) is 12.4. The Labute approximate surface area is 215 Å². The minimum Gasteiger partial charge on any atom is -0.352 e. The molecule has 8 heteroatoms. The molecule has 0 atom stereocenters. The number of carbonyl (C=O) groups is 1. The fourth-order valence-corrected chi connectivity index (χ4v) is 4.23. The molecule has 0 aliphatic rings. The van der Waals surface area contributed by atoms with Gasteiger partial charge in [0.1, 0.15) is 12.4 Å². The number of amides is 1. The highest BCUT2D eigenvalue weighted by molar-refractivity contribution is 6.30. The summed E-state index contributed by atoms with van der Waals surface area (Å²) in [6.45, 7) is 7.48. The topological polar surface area (TPSA) is 80.1 Å². The molecule has 2 aromatic carbocycles. The van der Waals surface area contributed by atoms with Crippen LogP contribution in [0.15, 0.2) is 65.6 Å². The van der Waals surface area contributed by atoms with Gasteiger partial charge < -0.3 is 10.2 Å². The van der Waals surface area contributed by atoms with Gasteiger partial charge in [-0.25, -0.2) is 9.97 Å². The lowest BCUT2D eigenvalue weighted by molar-refractivity contribution is -0.122.